The molecular formula is C13H14N2O2. The zero-order chi connectivity index (χ0) is 12.3. The molecule has 0 aliphatic heterocycles. The van der Waals surface area contributed by atoms with Gasteiger partial charge < -0.3 is 4.74 Å². The maximum atomic E-state index is 10.8. The molecule has 0 spiro atoms. The Morgan fingerprint density at radius 3 is 2.82 bits per heavy atom. The third-order valence-electron chi connectivity index (χ3n) is 2.69. The molecule has 0 aliphatic carbocycles. The van der Waals surface area contributed by atoms with E-state index in [1.54, 1.807) is 25.4 Å². The highest BCUT2D eigenvalue weighted by Gasteiger charge is 2.06. The molecule has 2 rings (SSSR count). The number of ether oxygens (including phenoxy) is 1. The summed E-state index contributed by atoms with van der Waals surface area (Å²) in [4.78, 5) is 10.8. The summed E-state index contributed by atoms with van der Waals surface area (Å²) in [6, 6.07) is 7.31. The number of aromatic nitrogens is 2. The highest BCUT2D eigenvalue weighted by Crippen LogP contribution is 2.20. The van der Waals surface area contributed by atoms with Crippen LogP contribution in [-0.4, -0.2) is 23.2 Å². The van der Waals surface area contributed by atoms with E-state index < -0.39 is 0 Å². The average Bonchev–Trinajstić information content (AvgIpc) is 2.75. The van der Waals surface area contributed by atoms with Crippen molar-refractivity contribution >= 4 is 6.29 Å². The van der Waals surface area contributed by atoms with Crippen molar-refractivity contribution in [2.45, 2.75) is 13.5 Å². The molecule has 88 valence electrons. The Kier molecular flexibility index (Phi) is 3.23. The Bertz CT molecular complexity index is 532. The fourth-order valence-electron chi connectivity index (χ4n) is 1.72. The van der Waals surface area contributed by atoms with E-state index >= 15 is 0 Å². The van der Waals surface area contributed by atoms with E-state index in [-0.39, 0.29) is 0 Å². The molecule has 0 bridgehead atoms. The molecule has 1 heterocycles. The second kappa shape index (κ2) is 4.82. The quantitative estimate of drug-likeness (QED) is 0.755. The highest BCUT2D eigenvalue weighted by molar-refractivity contribution is 5.75. The normalized spacial score (nSPS) is 10.2. The zero-order valence-electron chi connectivity index (χ0n) is 9.88. The highest BCUT2D eigenvalue weighted by atomic mass is 16.5. The molecule has 0 unspecified atom stereocenters. The molecular weight excluding hydrogens is 216 g/mol. The number of rotatable bonds is 4. The number of methoxy groups -OCH3 is 1. The molecule has 0 aliphatic rings. The van der Waals surface area contributed by atoms with Gasteiger partial charge in [-0.05, 0) is 31.2 Å². The van der Waals surface area contributed by atoms with Gasteiger partial charge in [-0.25, -0.2) is 0 Å². The molecule has 0 N–H and O–H groups in total. The van der Waals surface area contributed by atoms with Crippen LogP contribution in [0.5, 0.6) is 5.75 Å². The first-order chi connectivity index (χ1) is 8.24. The monoisotopic (exact) mass is 230 g/mol. The van der Waals surface area contributed by atoms with Crippen LogP contribution >= 0.6 is 0 Å². The summed E-state index contributed by atoms with van der Waals surface area (Å²) in [5.74, 6) is 0.769. The Hall–Kier alpha value is -2.10. The lowest BCUT2D eigenvalue weighted by molar-refractivity contribution is 0.112. The average molecular weight is 230 g/mol. The summed E-state index contributed by atoms with van der Waals surface area (Å²) >= 11 is 0. The van der Waals surface area contributed by atoms with E-state index in [2.05, 4.69) is 5.10 Å². The van der Waals surface area contributed by atoms with E-state index in [4.69, 9.17) is 4.74 Å². The van der Waals surface area contributed by atoms with Gasteiger partial charge in [0.2, 0.25) is 0 Å². The largest absolute Gasteiger partial charge is 0.496 e. The van der Waals surface area contributed by atoms with Gasteiger partial charge in [0.1, 0.15) is 12.0 Å². The van der Waals surface area contributed by atoms with Crippen LogP contribution in [0.4, 0.5) is 0 Å². The predicted molar refractivity (Wildman–Crippen MR) is 64.4 cm³/mol. The van der Waals surface area contributed by atoms with Crippen molar-refractivity contribution < 1.29 is 9.53 Å². The van der Waals surface area contributed by atoms with Crippen molar-refractivity contribution in [3.8, 4) is 5.75 Å². The van der Waals surface area contributed by atoms with Crippen LogP contribution in [0.15, 0.2) is 30.5 Å². The molecule has 1 aromatic carbocycles. The number of hydrogen-bond donors (Lipinski definition) is 0. The van der Waals surface area contributed by atoms with E-state index in [1.807, 2.05) is 23.7 Å². The Morgan fingerprint density at radius 2 is 2.24 bits per heavy atom. The van der Waals surface area contributed by atoms with Gasteiger partial charge in [-0.3, -0.25) is 9.48 Å². The molecule has 0 fully saturated rings. The molecule has 0 saturated carbocycles. The van der Waals surface area contributed by atoms with Gasteiger partial charge in [0.15, 0.2) is 0 Å². The molecule has 0 saturated heterocycles. The molecule has 0 radical (unpaired) electrons. The number of benzene rings is 1. The lowest BCUT2D eigenvalue weighted by Crippen LogP contribution is -2.05. The zero-order valence-corrected chi connectivity index (χ0v) is 9.88. The number of carbonyl (C=O) groups is 1. The van der Waals surface area contributed by atoms with Gasteiger partial charge in [-0.1, -0.05) is 0 Å². The van der Waals surface area contributed by atoms with E-state index in [1.165, 1.54) is 0 Å². The van der Waals surface area contributed by atoms with Crippen molar-refractivity contribution in [1.82, 2.24) is 9.78 Å². The minimum atomic E-state index is 0.601. The van der Waals surface area contributed by atoms with Gasteiger partial charge in [0.05, 0.1) is 13.7 Å². The SMILES string of the molecule is COc1ccc(C=O)cc1Cn1nccc1C. The van der Waals surface area contributed by atoms with E-state index in [9.17, 15) is 4.79 Å². The molecule has 17 heavy (non-hydrogen) atoms. The number of hydrogen-bond acceptors (Lipinski definition) is 3. The summed E-state index contributed by atoms with van der Waals surface area (Å²) in [6.45, 7) is 2.59. The Morgan fingerprint density at radius 1 is 1.41 bits per heavy atom. The van der Waals surface area contributed by atoms with Crippen molar-refractivity contribution in [3.05, 3.63) is 47.3 Å². The Balaban J connectivity index is 2.36. The summed E-state index contributed by atoms with van der Waals surface area (Å²) in [5, 5.41) is 4.21. The van der Waals surface area contributed by atoms with Crippen LogP contribution in [0.2, 0.25) is 0 Å². The smallest absolute Gasteiger partial charge is 0.150 e. The second-order valence-corrected chi connectivity index (χ2v) is 3.82. The first-order valence-electron chi connectivity index (χ1n) is 5.35. The third kappa shape index (κ3) is 2.36. The summed E-state index contributed by atoms with van der Waals surface area (Å²) in [7, 11) is 1.62. The summed E-state index contributed by atoms with van der Waals surface area (Å²) in [6.07, 6.45) is 2.59. The van der Waals surface area contributed by atoms with Crippen LogP contribution in [0, 0.1) is 6.92 Å². The molecule has 0 amide bonds. The molecule has 1 aromatic heterocycles. The number of aryl methyl sites for hydroxylation is 1. The lowest BCUT2D eigenvalue weighted by atomic mass is 10.1. The van der Waals surface area contributed by atoms with Gasteiger partial charge in [0.25, 0.3) is 0 Å². The van der Waals surface area contributed by atoms with Crippen molar-refractivity contribution in [2.24, 2.45) is 0 Å². The van der Waals surface area contributed by atoms with Crippen LogP contribution in [0.3, 0.4) is 0 Å². The first kappa shape index (κ1) is 11.4. The molecule has 2 aromatic rings. The lowest BCUT2D eigenvalue weighted by Gasteiger charge is -2.10. The topological polar surface area (TPSA) is 44.1 Å². The van der Waals surface area contributed by atoms with E-state index in [0.717, 1.165) is 23.3 Å². The van der Waals surface area contributed by atoms with E-state index in [0.29, 0.717) is 12.1 Å². The molecule has 0 atom stereocenters. The maximum absolute atomic E-state index is 10.8. The number of carbonyl (C=O) groups excluding carboxylic acids is 1. The van der Waals surface area contributed by atoms with Crippen LogP contribution < -0.4 is 4.74 Å². The summed E-state index contributed by atoms with van der Waals surface area (Å²) < 4.78 is 7.14. The van der Waals surface area contributed by atoms with Gasteiger partial charge in [0, 0.05) is 23.0 Å². The number of aldehydes is 1. The van der Waals surface area contributed by atoms with Gasteiger partial charge in [-0.2, -0.15) is 5.10 Å². The van der Waals surface area contributed by atoms with Crippen LogP contribution in [0.25, 0.3) is 0 Å². The van der Waals surface area contributed by atoms with Gasteiger partial charge >= 0.3 is 0 Å². The molecule has 4 nitrogen and oxygen atoms in total. The van der Waals surface area contributed by atoms with Crippen LogP contribution in [-0.2, 0) is 6.54 Å². The fourth-order valence-corrected chi connectivity index (χ4v) is 1.72. The van der Waals surface area contributed by atoms with Crippen molar-refractivity contribution in [2.75, 3.05) is 7.11 Å². The maximum Gasteiger partial charge on any atom is 0.150 e. The van der Waals surface area contributed by atoms with Crippen molar-refractivity contribution in [3.63, 3.8) is 0 Å². The predicted octanol–water partition coefficient (Wildman–Crippen LogP) is 2.06. The molecule has 4 heteroatoms. The summed E-state index contributed by atoms with van der Waals surface area (Å²) in [5.41, 5.74) is 2.66. The van der Waals surface area contributed by atoms with Gasteiger partial charge in [-0.15, -0.1) is 0 Å². The van der Waals surface area contributed by atoms with Crippen molar-refractivity contribution in [1.29, 1.82) is 0 Å². The first-order valence-corrected chi connectivity index (χ1v) is 5.35. The standard InChI is InChI=1S/C13H14N2O2/c1-10-5-6-14-15(10)8-12-7-11(9-16)3-4-13(12)17-2/h3-7,9H,8H2,1-2H3. The number of nitrogens with zero attached hydrogens (tertiary/aromatic N) is 2. The minimum absolute atomic E-state index is 0.601. The van der Waals surface area contributed by atoms with Crippen LogP contribution in [0.1, 0.15) is 21.6 Å². The third-order valence-corrected chi connectivity index (χ3v) is 2.69. The fraction of sp³-hybridized carbons (Fsp3) is 0.231. The minimum Gasteiger partial charge on any atom is -0.496 e. The Labute approximate surface area is 99.8 Å². The second-order valence-electron chi connectivity index (χ2n) is 3.82.